The standard InChI is InChI=1S/C28H21NO/c1-29-25-15-9-8-14-23(25)24-17-16-20-18-19-28(30-27(20)26(24)29,21-10-4-2-5-11-21)22-12-6-3-7-13-22/h2-19H,1H3. The van der Waals surface area contributed by atoms with E-state index in [-0.39, 0.29) is 0 Å². The van der Waals surface area contributed by atoms with Crippen LogP contribution in [0, 0.1) is 0 Å². The number of aromatic nitrogens is 1. The summed E-state index contributed by atoms with van der Waals surface area (Å²) < 4.78 is 9.26. The fourth-order valence-corrected chi connectivity index (χ4v) is 4.74. The zero-order valence-electron chi connectivity index (χ0n) is 16.7. The highest BCUT2D eigenvalue weighted by Crippen LogP contribution is 2.46. The smallest absolute Gasteiger partial charge is 0.178 e. The number of aryl methyl sites for hydroxylation is 1. The van der Waals surface area contributed by atoms with E-state index < -0.39 is 5.60 Å². The first-order valence-electron chi connectivity index (χ1n) is 10.3. The largest absolute Gasteiger partial charge is 0.471 e. The van der Waals surface area contributed by atoms with Crippen LogP contribution in [0.1, 0.15) is 16.7 Å². The van der Waals surface area contributed by atoms with E-state index in [0.29, 0.717) is 0 Å². The van der Waals surface area contributed by atoms with Crippen LogP contribution < -0.4 is 4.74 Å². The molecular formula is C28H21NO. The van der Waals surface area contributed by atoms with Gasteiger partial charge < -0.3 is 9.30 Å². The van der Waals surface area contributed by atoms with Gasteiger partial charge in [0.15, 0.2) is 11.4 Å². The molecule has 30 heavy (non-hydrogen) atoms. The molecule has 1 aliphatic heterocycles. The fraction of sp³-hybridized carbons (Fsp3) is 0.0714. The molecule has 0 bridgehead atoms. The maximum atomic E-state index is 7.01. The van der Waals surface area contributed by atoms with Gasteiger partial charge >= 0.3 is 0 Å². The van der Waals surface area contributed by atoms with Crippen LogP contribution in [0.25, 0.3) is 27.9 Å². The summed E-state index contributed by atoms with van der Waals surface area (Å²) in [4.78, 5) is 0. The van der Waals surface area contributed by atoms with Crippen LogP contribution in [0.15, 0.2) is 103 Å². The van der Waals surface area contributed by atoms with Gasteiger partial charge in [0.1, 0.15) is 0 Å². The van der Waals surface area contributed by atoms with Crippen molar-refractivity contribution in [1.82, 2.24) is 4.57 Å². The van der Waals surface area contributed by atoms with Crippen molar-refractivity contribution < 1.29 is 4.74 Å². The third-order valence-electron chi connectivity index (χ3n) is 6.22. The quantitative estimate of drug-likeness (QED) is 0.329. The predicted octanol–water partition coefficient (Wildman–Crippen LogP) is 6.68. The Labute approximate surface area is 175 Å². The number of nitrogens with zero attached hydrogens (tertiary/aromatic N) is 1. The van der Waals surface area contributed by atoms with Crippen molar-refractivity contribution in [1.29, 1.82) is 0 Å². The maximum Gasteiger partial charge on any atom is 0.178 e. The number of rotatable bonds is 2. The third-order valence-corrected chi connectivity index (χ3v) is 6.22. The Morgan fingerprint density at radius 2 is 1.30 bits per heavy atom. The topological polar surface area (TPSA) is 14.2 Å². The Hall–Kier alpha value is -3.78. The lowest BCUT2D eigenvalue weighted by Crippen LogP contribution is -2.34. The van der Waals surface area contributed by atoms with Gasteiger partial charge in [-0.05, 0) is 12.1 Å². The summed E-state index contributed by atoms with van der Waals surface area (Å²) in [5.41, 5.74) is 5.03. The zero-order chi connectivity index (χ0) is 20.1. The number of benzene rings is 4. The van der Waals surface area contributed by atoms with Crippen molar-refractivity contribution in [2.24, 2.45) is 7.05 Å². The second-order valence-electron chi connectivity index (χ2n) is 7.86. The normalized spacial score (nSPS) is 14.6. The Kier molecular flexibility index (Phi) is 3.63. The van der Waals surface area contributed by atoms with Crippen LogP contribution in [0.2, 0.25) is 0 Å². The number of hydrogen-bond donors (Lipinski definition) is 0. The van der Waals surface area contributed by atoms with Gasteiger partial charge in [-0.3, -0.25) is 0 Å². The van der Waals surface area contributed by atoms with Crippen molar-refractivity contribution in [2.45, 2.75) is 5.60 Å². The van der Waals surface area contributed by atoms with Crippen LogP contribution in [0.5, 0.6) is 5.75 Å². The Balaban J connectivity index is 1.67. The van der Waals surface area contributed by atoms with E-state index >= 15 is 0 Å². The molecule has 1 aliphatic rings. The molecule has 0 radical (unpaired) electrons. The molecule has 0 aliphatic carbocycles. The third kappa shape index (κ3) is 2.31. The maximum absolute atomic E-state index is 7.01. The van der Waals surface area contributed by atoms with Crippen LogP contribution in [-0.2, 0) is 12.6 Å². The predicted molar refractivity (Wildman–Crippen MR) is 124 cm³/mol. The van der Waals surface area contributed by atoms with Gasteiger partial charge in [-0.15, -0.1) is 0 Å². The zero-order valence-corrected chi connectivity index (χ0v) is 16.7. The molecule has 0 atom stereocenters. The van der Waals surface area contributed by atoms with Crippen molar-refractivity contribution in [3.8, 4) is 5.75 Å². The molecule has 0 unspecified atom stereocenters. The molecule has 0 amide bonds. The SMILES string of the molecule is Cn1c2ccccc2c2ccc3c(c21)OC(c1ccccc1)(c1ccccc1)C=C3. The van der Waals surface area contributed by atoms with Gasteiger partial charge in [0.05, 0.1) is 5.52 Å². The highest BCUT2D eigenvalue weighted by Gasteiger charge is 2.38. The summed E-state index contributed by atoms with van der Waals surface area (Å²) in [5.74, 6) is 0.932. The molecular weight excluding hydrogens is 366 g/mol. The molecule has 2 heteroatoms. The summed E-state index contributed by atoms with van der Waals surface area (Å²) >= 11 is 0. The lowest BCUT2D eigenvalue weighted by Gasteiger charge is -2.36. The Morgan fingerprint density at radius 1 is 0.667 bits per heavy atom. The van der Waals surface area contributed by atoms with Crippen molar-refractivity contribution in [3.05, 3.63) is 120 Å². The monoisotopic (exact) mass is 387 g/mol. The summed E-state index contributed by atoms with van der Waals surface area (Å²) in [6.07, 6.45) is 4.39. The molecule has 6 rings (SSSR count). The number of ether oxygens (including phenoxy) is 1. The van der Waals surface area contributed by atoms with Crippen LogP contribution >= 0.6 is 0 Å². The lowest BCUT2D eigenvalue weighted by atomic mass is 9.83. The average Bonchev–Trinajstić information content (AvgIpc) is 3.12. The Bertz CT molecular complexity index is 1370. The molecule has 2 nitrogen and oxygen atoms in total. The minimum Gasteiger partial charge on any atom is -0.471 e. The first kappa shape index (κ1) is 17.1. The van der Waals surface area contributed by atoms with E-state index in [1.807, 2.05) is 12.1 Å². The second-order valence-corrected chi connectivity index (χ2v) is 7.86. The van der Waals surface area contributed by atoms with Gasteiger partial charge in [0.25, 0.3) is 0 Å². The molecule has 5 aromatic rings. The minimum atomic E-state index is -0.666. The van der Waals surface area contributed by atoms with E-state index in [0.717, 1.165) is 28.0 Å². The summed E-state index contributed by atoms with van der Waals surface area (Å²) in [7, 11) is 2.12. The molecule has 0 N–H and O–H groups in total. The fourth-order valence-electron chi connectivity index (χ4n) is 4.74. The van der Waals surface area contributed by atoms with Gasteiger partial charge in [-0.25, -0.2) is 0 Å². The van der Waals surface area contributed by atoms with Crippen molar-refractivity contribution in [2.75, 3.05) is 0 Å². The van der Waals surface area contributed by atoms with Crippen molar-refractivity contribution >= 4 is 27.9 Å². The highest BCUT2D eigenvalue weighted by molar-refractivity contribution is 6.11. The average molecular weight is 387 g/mol. The second kappa shape index (κ2) is 6.36. The molecule has 4 aromatic carbocycles. The molecule has 0 saturated heterocycles. The highest BCUT2D eigenvalue weighted by atomic mass is 16.5. The molecule has 0 spiro atoms. The minimum absolute atomic E-state index is 0.666. The van der Waals surface area contributed by atoms with Gasteiger partial charge in [0.2, 0.25) is 0 Å². The van der Waals surface area contributed by atoms with Gasteiger partial charge in [0, 0.05) is 40.0 Å². The first-order valence-corrected chi connectivity index (χ1v) is 10.3. The summed E-state index contributed by atoms with van der Waals surface area (Å²) in [6.45, 7) is 0. The van der Waals surface area contributed by atoms with E-state index in [1.165, 1.54) is 16.3 Å². The van der Waals surface area contributed by atoms with E-state index in [2.05, 4.69) is 109 Å². The Morgan fingerprint density at radius 3 is 2.00 bits per heavy atom. The summed E-state index contributed by atoms with van der Waals surface area (Å²) in [5, 5.41) is 2.47. The van der Waals surface area contributed by atoms with Gasteiger partial charge in [-0.1, -0.05) is 97.1 Å². The molecule has 0 fully saturated rings. The van der Waals surface area contributed by atoms with Gasteiger partial charge in [-0.2, -0.15) is 0 Å². The number of fused-ring (bicyclic) bond motifs is 5. The van der Waals surface area contributed by atoms with E-state index in [1.54, 1.807) is 0 Å². The van der Waals surface area contributed by atoms with Crippen LogP contribution in [0.4, 0.5) is 0 Å². The van der Waals surface area contributed by atoms with E-state index in [4.69, 9.17) is 4.74 Å². The van der Waals surface area contributed by atoms with Crippen LogP contribution in [0.3, 0.4) is 0 Å². The van der Waals surface area contributed by atoms with E-state index in [9.17, 15) is 0 Å². The molecule has 2 heterocycles. The first-order chi connectivity index (χ1) is 14.8. The van der Waals surface area contributed by atoms with Crippen molar-refractivity contribution in [3.63, 3.8) is 0 Å². The molecule has 1 aromatic heterocycles. The summed E-state index contributed by atoms with van der Waals surface area (Å²) in [6, 6.07) is 33.9. The number of hydrogen-bond acceptors (Lipinski definition) is 1. The molecule has 144 valence electrons. The van der Waals surface area contributed by atoms with Crippen LogP contribution in [-0.4, -0.2) is 4.57 Å². The number of para-hydroxylation sites is 1. The lowest BCUT2D eigenvalue weighted by molar-refractivity contribution is 0.163. The molecule has 0 saturated carbocycles.